The molecule has 0 bridgehead atoms. The average Bonchev–Trinajstić information content (AvgIpc) is 2.83. The van der Waals surface area contributed by atoms with Crippen LogP contribution < -0.4 is 5.73 Å². The van der Waals surface area contributed by atoms with Crippen molar-refractivity contribution in [3.05, 3.63) is 28.5 Å². The van der Waals surface area contributed by atoms with Crippen LogP contribution in [0.4, 0.5) is 5.69 Å². The Balaban J connectivity index is 2.37. The summed E-state index contributed by atoms with van der Waals surface area (Å²) < 4.78 is 11.4. The van der Waals surface area contributed by atoms with Gasteiger partial charge in [-0.15, -0.1) is 0 Å². The summed E-state index contributed by atoms with van der Waals surface area (Å²) in [6.07, 6.45) is 0.625. The number of benzene rings is 1. The zero-order valence-electron chi connectivity index (χ0n) is 10.2. The van der Waals surface area contributed by atoms with E-state index in [0.29, 0.717) is 23.0 Å². The summed E-state index contributed by atoms with van der Waals surface area (Å²) in [7, 11) is 1.62. The van der Waals surface area contributed by atoms with E-state index in [2.05, 4.69) is 26.1 Å². The fraction of sp³-hybridized carbons (Fsp3) is 0.333. The van der Waals surface area contributed by atoms with E-state index >= 15 is 0 Å². The molecule has 2 aromatic rings. The quantitative estimate of drug-likeness (QED) is 0.878. The topological polar surface area (TPSA) is 74.2 Å². The molecule has 0 saturated heterocycles. The lowest BCUT2D eigenvalue weighted by molar-refractivity contribution is 0.0903. The van der Waals surface area contributed by atoms with Gasteiger partial charge in [-0.05, 0) is 24.6 Å². The first-order chi connectivity index (χ1) is 8.65. The molecule has 6 heteroatoms. The third-order valence-corrected chi connectivity index (χ3v) is 3.12. The molecule has 0 aliphatic rings. The van der Waals surface area contributed by atoms with Crippen molar-refractivity contribution in [3.63, 3.8) is 0 Å². The minimum absolute atomic E-state index is 0.157. The highest BCUT2D eigenvalue weighted by Gasteiger charge is 2.18. The van der Waals surface area contributed by atoms with Crippen LogP contribution in [0.2, 0.25) is 0 Å². The van der Waals surface area contributed by atoms with Crippen molar-refractivity contribution in [2.24, 2.45) is 0 Å². The van der Waals surface area contributed by atoms with Gasteiger partial charge in [-0.2, -0.15) is 4.98 Å². The molecule has 0 spiro atoms. The Bertz CT molecular complexity index is 538. The predicted octanol–water partition coefficient (Wildman–Crippen LogP) is 3.18. The van der Waals surface area contributed by atoms with Crippen LogP contribution in [0.5, 0.6) is 0 Å². The summed E-state index contributed by atoms with van der Waals surface area (Å²) in [6, 6.07) is 5.50. The number of nitrogens with zero attached hydrogens (tertiary/aromatic N) is 2. The number of anilines is 1. The van der Waals surface area contributed by atoms with E-state index in [1.807, 2.05) is 19.1 Å². The molecule has 1 aromatic heterocycles. The summed E-state index contributed by atoms with van der Waals surface area (Å²) >= 11 is 3.39. The number of halogens is 1. The van der Waals surface area contributed by atoms with Crippen LogP contribution in [0.25, 0.3) is 11.5 Å². The van der Waals surface area contributed by atoms with E-state index in [4.69, 9.17) is 15.0 Å². The lowest BCUT2D eigenvalue weighted by Gasteiger charge is -2.06. The maximum atomic E-state index is 5.89. The first-order valence-corrected chi connectivity index (χ1v) is 6.36. The number of ether oxygens (including phenoxy) is 1. The second kappa shape index (κ2) is 5.49. The molecule has 0 fully saturated rings. The molecule has 0 aliphatic heterocycles. The molecule has 1 unspecified atom stereocenters. The van der Waals surface area contributed by atoms with E-state index in [1.54, 1.807) is 13.2 Å². The van der Waals surface area contributed by atoms with Gasteiger partial charge in [0.1, 0.15) is 6.10 Å². The lowest BCUT2D eigenvalue weighted by atomic mass is 10.2. The standard InChI is InChI=1S/C12H14BrN3O2/c1-3-10(17-2)11-15-12(18-16-11)8-6-7(13)4-5-9(8)14/h4-6,10H,3,14H2,1-2H3. The van der Waals surface area contributed by atoms with Crippen molar-refractivity contribution >= 4 is 21.6 Å². The van der Waals surface area contributed by atoms with Crippen LogP contribution in [0.1, 0.15) is 25.3 Å². The highest BCUT2D eigenvalue weighted by Crippen LogP contribution is 2.29. The van der Waals surface area contributed by atoms with Gasteiger partial charge < -0.3 is 15.0 Å². The molecule has 18 heavy (non-hydrogen) atoms. The normalized spacial score (nSPS) is 12.6. The van der Waals surface area contributed by atoms with Crippen molar-refractivity contribution in [1.82, 2.24) is 10.1 Å². The van der Waals surface area contributed by atoms with Crippen LogP contribution in [-0.4, -0.2) is 17.3 Å². The SMILES string of the molecule is CCC(OC)c1noc(-c2cc(Br)ccc2N)n1. The summed E-state index contributed by atoms with van der Waals surface area (Å²) in [5.74, 6) is 0.939. The third-order valence-electron chi connectivity index (χ3n) is 2.63. The maximum Gasteiger partial charge on any atom is 0.260 e. The van der Waals surface area contributed by atoms with E-state index in [1.165, 1.54) is 0 Å². The molecule has 96 valence electrons. The van der Waals surface area contributed by atoms with Crippen LogP contribution in [0.3, 0.4) is 0 Å². The van der Waals surface area contributed by atoms with Crippen LogP contribution in [0, 0.1) is 0 Å². The van der Waals surface area contributed by atoms with E-state index in [-0.39, 0.29) is 6.10 Å². The lowest BCUT2D eigenvalue weighted by Crippen LogP contribution is -2.01. The number of rotatable bonds is 4. The zero-order chi connectivity index (χ0) is 13.1. The monoisotopic (exact) mass is 311 g/mol. The van der Waals surface area contributed by atoms with Gasteiger partial charge in [0.25, 0.3) is 5.89 Å². The van der Waals surface area contributed by atoms with Gasteiger partial charge in [0, 0.05) is 17.3 Å². The number of methoxy groups -OCH3 is 1. The molecule has 1 heterocycles. The van der Waals surface area contributed by atoms with E-state index < -0.39 is 0 Å². The number of hydrogen-bond acceptors (Lipinski definition) is 5. The van der Waals surface area contributed by atoms with Gasteiger partial charge in [-0.1, -0.05) is 28.0 Å². The first kappa shape index (κ1) is 13.0. The second-order valence-corrected chi connectivity index (χ2v) is 4.74. The molecule has 2 rings (SSSR count). The van der Waals surface area contributed by atoms with Crippen molar-refractivity contribution in [3.8, 4) is 11.5 Å². The number of aromatic nitrogens is 2. The Morgan fingerprint density at radius 2 is 2.28 bits per heavy atom. The Hall–Kier alpha value is -1.40. The van der Waals surface area contributed by atoms with Crippen LogP contribution in [0.15, 0.2) is 27.2 Å². The van der Waals surface area contributed by atoms with Gasteiger partial charge in [0.2, 0.25) is 5.82 Å². The summed E-state index contributed by atoms with van der Waals surface area (Å²) in [5, 5.41) is 3.92. The molecule has 1 aromatic carbocycles. The van der Waals surface area contributed by atoms with Gasteiger partial charge in [0.05, 0.1) is 5.56 Å². The molecular weight excluding hydrogens is 298 g/mol. The van der Waals surface area contributed by atoms with Gasteiger partial charge in [0.15, 0.2) is 0 Å². The molecule has 2 N–H and O–H groups in total. The molecule has 0 amide bonds. The average molecular weight is 312 g/mol. The number of nitrogens with two attached hydrogens (primary N) is 1. The largest absolute Gasteiger partial charge is 0.398 e. The number of hydrogen-bond donors (Lipinski definition) is 1. The van der Waals surface area contributed by atoms with E-state index in [0.717, 1.165) is 10.9 Å². The molecular formula is C12H14BrN3O2. The second-order valence-electron chi connectivity index (χ2n) is 3.82. The minimum atomic E-state index is -0.157. The maximum absolute atomic E-state index is 5.89. The van der Waals surface area contributed by atoms with Crippen molar-refractivity contribution in [1.29, 1.82) is 0 Å². The van der Waals surface area contributed by atoms with Crippen molar-refractivity contribution in [2.45, 2.75) is 19.4 Å². The summed E-state index contributed by atoms with van der Waals surface area (Å²) in [5.41, 5.74) is 7.20. The minimum Gasteiger partial charge on any atom is -0.398 e. The predicted molar refractivity (Wildman–Crippen MR) is 71.9 cm³/mol. The Kier molecular flexibility index (Phi) is 3.98. The van der Waals surface area contributed by atoms with Crippen molar-refractivity contribution in [2.75, 3.05) is 12.8 Å². The first-order valence-electron chi connectivity index (χ1n) is 5.57. The Morgan fingerprint density at radius 1 is 1.50 bits per heavy atom. The highest BCUT2D eigenvalue weighted by molar-refractivity contribution is 9.10. The Labute approximate surface area is 113 Å². The highest BCUT2D eigenvalue weighted by atomic mass is 79.9. The van der Waals surface area contributed by atoms with Crippen LogP contribution >= 0.6 is 15.9 Å². The fourth-order valence-electron chi connectivity index (χ4n) is 1.64. The Morgan fingerprint density at radius 3 is 2.94 bits per heavy atom. The fourth-order valence-corrected chi connectivity index (χ4v) is 2.00. The zero-order valence-corrected chi connectivity index (χ0v) is 11.8. The third kappa shape index (κ3) is 2.54. The van der Waals surface area contributed by atoms with Gasteiger partial charge in [-0.3, -0.25) is 0 Å². The van der Waals surface area contributed by atoms with Crippen LogP contribution in [-0.2, 0) is 4.74 Å². The molecule has 0 aliphatic carbocycles. The number of nitrogen functional groups attached to an aromatic ring is 1. The molecule has 0 saturated carbocycles. The molecule has 0 radical (unpaired) electrons. The van der Waals surface area contributed by atoms with Gasteiger partial charge >= 0.3 is 0 Å². The smallest absolute Gasteiger partial charge is 0.260 e. The molecule has 1 atom stereocenters. The summed E-state index contributed by atoms with van der Waals surface area (Å²) in [6.45, 7) is 2.00. The van der Waals surface area contributed by atoms with Gasteiger partial charge in [-0.25, -0.2) is 0 Å². The molecule has 5 nitrogen and oxygen atoms in total. The van der Waals surface area contributed by atoms with E-state index in [9.17, 15) is 0 Å². The summed E-state index contributed by atoms with van der Waals surface area (Å²) in [4.78, 5) is 4.32. The van der Waals surface area contributed by atoms with Crippen molar-refractivity contribution < 1.29 is 9.26 Å².